The first-order valence-corrected chi connectivity index (χ1v) is 19.0. The number of hydrogen-bond donors (Lipinski definition) is 0. The van der Waals surface area contributed by atoms with E-state index in [0.29, 0.717) is 5.92 Å². The van der Waals surface area contributed by atoms with Gasteiger partial charge in [0.1, 0.15) is 0 Å². The number of benzene rings is 7. The molecule has 0 saturated heterocycles. The minimum atomic E-state index is -0.151. The van der Waals surface area contributed by atoms with Gasteiger partial charge in [-0.2, -0.15) is 0 Å². The van der Waals surface area contributed by atoms with Gasteiger partial charge in [0, 0.05) is 10.8 Å². The fourth-order valence-corrected chi connectivity index (χ4v) is 8.76. The third kappa shape index (κ3) is 5.24. The third-order valence-corrected chi connectivity index (χ3v) is 12.4. The molecule has 0 fully saturated rings. The van der Waals surface area contributed by atoms with E-state index in [4.69, 9.17) is 0 Å². The van der Waals surface area contributed by atoms with Crippen molar-refractivity contribution in [1.82, 2.24) is 0 Å². The predicted octanol–water partition coefficient (Wildman–Crippen LogP) is 14.6. The molecule has 0 heterocycles. The molecule has 0 N–H and O–H groups in total. The summed E-state index contributed by atoms with van der Waals surface area (Å²) in [4.78, 5) is 0. The summed E-state index contributed by atoms with van der Waals surface area (Å²) in [6, 6.07) is 40.8. The van der Waals surface area contributed by atoms with Gasteiger partial charge in [0.25, 0.3) is 0 Å². The fraction of sp³-hybridized carbons (Fsp3) is 0.333. The molecule has 0 heteroatoms. The summed E-state index contributed by atoms with van der Waals surface area (Å²) < 4.78 is 0. The lowest BCUT2D eigenvalue weighted by Gasteiger charge is -2.29. The smallest absolute Gasteiger partial charge is 0.0159 e. The average molecular weight is 667 g/mol. The van der Waals surface area contributed by atoms with Crippen molar-refractivity contribution in [1.29, 1.82) is 0 Å². The van der Waals surface area contributed by atoms with Crippen molar-refractivity contribution in [2.75, 3.05) is 0 Å². The van der Waals surface area contributed by atoms with E-state index in [0.717, 1.165) is 0 Å². The van der Waals surface area contributed by atoms with Gasteiger partial charge in [0.05, 0.1) is 0 Å². The van der Waals surface area contributed by atoms with E-state index >= 15 is 0 Å². The zero-order valence-electron chi connectivity index (χ0n) is 32.9. The molecule has 0 nitrogen and oxygen atoms in total. The lowest BCUT2D eigenvalue weighted by atomic mass is 9.74. The van der Waals surface area contributed by atoms with Crippen LogP contribution >= 0.6 is 0 Å². The normalized spacial score (nSPS) is 14.6. The topological polar surface area (TPSA) is 0 Å². The lowest BCUT2D eigenvalue weighted by Crippen LogP contribution is -2.21. The molecule has 0 amide bonds. The van der Waals surface area contributed by atoms with Crippen LogP contribution in [0.5, 0.6) is 0 Å². The first-order valence-electron chi connectivity index (χ1n) is 19.0. The van der Waals surface area contributed by atoms with E-state index in [-0.39, 0.29) is 21.7 Å². The molecule has 0 atom stereocenters. The third-order valence-electron chi connectivity index (χ3n) is 12.4. The molecule has 0 aliphatic heterocycles. The molecule has 258 valence electrons. The van der Waals surface area contributed by atoms with Gasteiger partial charge in [-0.05, 0) is 122 Å². The summed E-state index contributed by atoms with van der Waals surface area (Å²) in [5.41, 5.74) is 15.1. The van der Waals surface area contributed by atoms with E-state index < -0.39 is 0 Å². The Morgan fingerprint density at radius 2 is 0.980 bits per heavy atom. The first kappa shape index (κ1) is 33.7. The minimum Gasteiger partial charge on any atom is -0.0587 e. The molecule has 8 rings (SSSR count). The van der Waals surface area contributed by atoms with Crippen LogP contribution in [0.15, 0.2) is 103 Å². The van der Waals surface area contributed by atoms with Crippen molar-refractivity contribution < 1.29 is 0 Å². The quantitative estimate of drug-likeness (QED) is 0.164. The van der Waals surface area contributed by atoms with Gasteiger partial charge < -0.3 is 0 Å². The molecule has 0 spiro atoms. The number of rotatable bonds is 4. The highest BCUT2D eigenvalue weighted by atomic mass is 14.4. The summed E-state index contributed by atoms with van der Waals surface area (Å²) in [5.74, 6) is 0.523. The maximum atomic E-state index is 2.50. The molecule has 1 aliphatic rings. The maximum absolute atomic E-state index is 2.50. The molecule has 51 heavy (non-hydrogen) atoms. The number of hydrogen-bond acceptors (Lipinski definition) is 0. The summed E-state index contributed by atoms with van der Waals surface area (Å²) in [7, 11) is 0. The SMILES string of the molecule is CC(C)c1ccc2c(c1)C(C)(C)c1cc(C(C)(C)c3ccc(-c4cc5cc(C(C)(C)C)cc6ccc7cc(C(C)(C)C)cc4c7c65)cc3)ccc1-2. The van der Waals surface area contributed by atoms with Crippen molar-refractivity contribution in [3.63, 3.8) is 0 Å². The van der Waals surface area contributed by atoms with E-state index in [2.05, 4.69) is 186 Å². The van der Waals surface area contributed by atoms with Crippen LogP contribution < -0.4 is 0 Å². The van der Waals surface area contributed by atoms with E-state index in [1.807, 2.05) is 0 Å². The van der Waals surface area contributed by atoms with Crippen molar-refractivity contribution >= 4 is 32.3 Å². The molecule has 7 aromatic rings. The van der Waals surface area contributed by atoms with Gasteiger partial charge in [0.15, 0.2) is 0 Å². The Labute approximate surface area is 306 Å². The zero-order chi connectivity index (χ0) is 36.4. The van der Waals surface area contributed by atoms with Crippen LogP contribution in [0.4, 0.5) is 0 Å². The highest BCUT2D eigenvalue weighted by Gasteiger charge is 2.37. The van der Waals surface area contributed by atoms with E-state index in [9.17, 15) is 0 Å². The Balaban J connectivity index is 1.24. The van der Waals surface area contributed by atoms with Crippen molar-refractivity contribution in [3.8, 4) is 22.3 Å². The molecule has 0 bridgehead atoms. The Hall–Kier alpha value is -4.42. The van der Waals surface area contributed by atoms with Gasteiger partial charge in [-0.1, -0.05) is 174 Å². The second-order valence-electron chi connectivity index (χ2n) is 19.0. The monoisotopic (exact) mass is 666 g/mol. The van der Waals surface area contributed by atoms with Crippen molar-refractivity contribution in [2.24, 2.45) is 0 Å². The molecule has 0 aromatic heterocycles. The van der Waals surface area contributed by atoms with Gasteiger partial charge in [-0.3, -0.25) is 0 Å². The largest absolute Gasteiger partial charge is 0.0587 e. The fourth-order valence-electron chi connectivity index (χ4n) is 8.76. The van der Waals surface area contributed by atoms with Crippen LogP contribution in [0.25, 0.3) is 54.6 Å². The highest BCUT2D eigenvalue weighted by molar-refractivity contribution is 6.26. The van der Waals surface area contributed by atoms with Crippen LogP contribution in [0, 0.1) is 0 Å². The van der Waals surface area contributed by atoms with Crippen LogP contribution in [-0.4, -0.2) is 0 Å². The standard InChI is InChI=1S/C51H54/c1-30(2)32-17-21-40-41-22-20-37(29-45(41)51(11,12)44(40)27-32)50(9,10)36-18-15-31(16-19-36)42-26-35-25-38(48(3,4)5)23-33-13-14-34-24-39(49(6,7)8)28-43(42)47(34)46(33)35/h13-30H,1-12H3. The van der Waals surface area contributed by atoms with Crippen molar-refractivity contribution in [3.05, 3.63) is 142 Å². The van der Waals surface area contributed by atoms with Gasteiger partial charge in [-0.15, -0.1) is 0 Å². The second-order valence-corrected chi connectivity index (χ2v) is 19.0. The van der Waals surface area contributed by atoms with E-state index in [1.54, 1.807) is 0 Å². The highest BCUT2D eigenvalue weighted by Crippen LogP contribution is 2.51. The summed E-state index contributed by atoms with van der Waals surface area (Å²) in [5, 5.41) is 8.13. The Kier molecular flexibility index (Phi) is 7.30. The zero-order valence-corrected chi connectivity index (χ0v) is 32.9. The van der Waals surface area contributed by atoms with Gasteiger partial charge in [-0.25, -0.2) is 0 Å². The Bertz CT molecular complexity index is 2480. The van der Waals surface area contributed by atoms with Gasteiger partial charge in [0.2, 0.25) is 0 Å². The minimum absolute atomic E-state index is 0.0299. The predicted molar refractivity (Wildman–Crippen MR) is 223 cm³/mol. The molecular formula is C51H54. The average Bonchev–Trinajstić information content (AvgIpc) is 3.31. The molecular weight excluding hydrogens is 613 g/mol. The molecule has 0 radical (unpaired) electrons. The summed E-state index contributed by atoms with van der Waals surface area (Å²) >= 11 is 0. The van der Waals surface area contributed by atoms with Crippen LogP contribution in [0.2, 0.25) is 0 Å². The molecule has 0 unspecified atom stereocenters. The summed E-state index contributed by atoms with van der Waals surface area (Å²) in [6.07, 6.45) is 0. The Morgan fingerprint density at radius 1 is 0.451 bits per heavy atom. The van der Waals surface area contributed by atoms with Crippen LogP contribution in [0.3, 0.4) is 0 Å². The number of fused-ring (bicyclic) bond motifs is 3. The van der Waals surface area contributed by atoms with E-state index in [1.165, 1.54) is 93.5 Å². The molecule has 7 aromatic carbocycles. The molecule has 1 aliphatic carbocycles. The maximum Gasteiger partial charge on any atom is 0.0159 e. The molecule has 0 saturated carbocycles. The second kappa shape index (κ2) is 11.0. The van der Waals surface area contributed by atoms with Crippen molar-refractivity contribution in [2.45, 2.75) is 111 Å². The van der Waals surface area contributed by atoms with Crippen LogP contribution in [0.1, 0.15) is 128 Å². The van der Waals surface area contributed by atoms with Gasteiger partial charge >= 0.3 is 0 Å². The lowest BCUT2D eigenvalue weighted by molar-refractivity contribution is 0.591. The van der Waals surface area contributed by atoms with Crippen LogP contribution in [-0.2, 0) is 21.7 Å². The Morgan fingerprint density at radius 3 is 1.59 bits per heavy atom. The first-order chi connectivity index (χ1) is 23.9. The summed E-state index contributed by atoms with van der Waals surface area (Å²) in [6.45, 7) is 28.1.